The Morgan fingerprint density at radius 3 is 2.96 bits per heavy atom. The maximum atomic E-state index is 12.2. The van der Waals surface area contributed by atoms with E-state index >= 15 is 0 Å². The monoisotopic (exact) mass is 349 g/mol. The van der Waals surface area contributed by atoms with Crippen molar-refractivity contribution in [1.29, 1.82) is 0 Å². The van der Waals surface area contributed by atoms with Gasteiger partial charge in [0.1, 0.15) is 6.54 Å². The van der Waals surface area contributed by atoms with Crippen LogP contribution in [0.4, 0.5) is 0 Å². The molecule has 1 unspecified atom stereocenters. The lowest BCUT2D eigenvalue weighted by molar-refractivity contribution is -0.200. The fourth-order valence-corrected chi connectivity index (χ4v) is 3.52. The number of carbonyl (C=O) groups excluding carboxylic acids is 1. The first-order valence-corrected chi connectivity index (χ1v) is 9.08. The zero-order valence-corrected chi connectivity index (χ0v) is 15.1. The van der Waals surface area contributed by atoms with E-state index in [1.807, 2.05) is 30.7 Å². The first-order valence-electron chi connectivity index (χ1n) is 8.20. The number of carbonyl (C=O) groups is 1. The Morgan fingerprint density at radius 1 is 1.46 bits per heavy atom. The van der Waals surface area contributed by atoms with Crippen molar-refractivity contribution in [3.8, 4) is 11.3 Å². The zero-order valence-electron chi connectivity index (χ0n) is 14.3. The highest BCUT2D eigenvalue weighted by Gasteiger charge is 2.18. The number of aromatic nitrogens is 2. The Kier molecular flexibility index (Phi) is 5.33. The summed E-state index contributed by atoms with van der Waals surface area (Å²) >= 11 is 1.63. The van der Waals surface area contributed by atoms with E-state index in [0.717, 1.165) is 46.9 Å². The average Bonchev–Trinajstić information content (AvgIpc) is 3.12. The Balaban J connectivity index is 1.64. The third-order valence-corrected chi connectivity index (χ3v) is 4.99. The summed E-state index contributed by atoms with van der Waals surface area (Å²) in [5.74, 6) is -0.188. The van der Waals surface area contributed by atoms with Gasteiger partial charge in [-0.25, -0.2) is 15.3 Å². The Hall–Kier alpha value is -1.70. The molecule has 1 fully saturated rings. The smallest absolute Gasteiger partial charge is 0.263 e. The number of rotatable bonds is 5. The molecule has 1 N–H and O–H groups in total. The van der Waals surface area contributed by atoms with E-state index in [1.54, 1.807) is 11.3 Å². The van der Waals surface area contributed by atoms with Gasteiger partial charge in [-0.3, -0.25) is 4.79 Å². The number of aryl methyl sites for hydroxylation is 2. The summed E-state index contributed by atoms with van der Waals surface area (Å²) in [4.78, 5) is 22.1. The van der Waals surface area contributed by atoms with Crippen LogP contribution < -0.4 is 5.48 Å². The minimum Gasteiger partial charge on any atom is -0.350 e. The van der Waals surface area contributed by atoms with Crippen LogP contribution >= 0.6 is 11.3 Å². The maximum absolute atomic E-state index is 12.2. The van der Waals surface area contributed by atoms with Gasteiger partial charge in [-0.15, -0.1) is 11.3 Å². The first-order chi connectivity index (χ1) is 11.5. The zero-order chi connectivity index (χ0) is 17.1. The topological polar surface area (TPSA) is 65.4 Å². The second-order valence-electron chi connectivity index (χ2n) is 6.06. The average molecular weight is 349 g/mol. The van der Waals surface area contributed by atoms with Gasteiger partial charge in [-0.2, -0.15) is 0 Å². The Morgan fingerprint density at radius 2 is 2.29 bits per heavy atom. The molecule has 0 aliphatic carbocycles. The van der Waals surface area contributed by atoms with Gasteiger partial charge in [0.05, 0.1) is 10.7 Å². The van der Waals surface area contributed by atoms with Crippen LogP contribution in [0.1, 0.15) is 35.7 Å². The largest absolute Gasteiger partial charge is 0.350 e. The quantitative estimate of drug-likeness (QED) is 0.843. The molecule has 1 aliphatic rings. The van der Waals surface area contributed by atoms with Crippen LogP contribution in [-0.2, 0) is 20.9 Å². The van der Waals surface area contributed by atoms with Gasteiger partial charge >= 0.3 is 0 Å². The van der Waals surface area contributed by atoms with Crippen LogP contribution in [0.15, 0.2) is 11.4 Å². The van der Waals surface area contributed by atoms with Crippen molar-refractivity contribution >= 4 is 17.2 Å². The first kappa shape index (κ1) is 17.1. The fraction of sp³-hybridized carbons (Fsp3) is 0.529. The molecule has 1 saturated heterocycles. The van der Waals surface area contributed by atoms with Gasteiger partial charge < -0.3 is 9.30 Å². The van der Waals surface area contributed by atoms with Gasteiger partial charge in [-0.05, 0) is 39.7 Å². The molecule has 0 radical (unpaired) electrons. The van der Waals surface area contributed by atoms with Crippen molar-refractivity contribution < 1.29 is 14.4 Å². The highest BCUT2D eigenvalue weighted by Crippen LogP contribution is 2.27. The molecule has 3 heterocycles. The molecular formula is C17H23N3O3S. The Bertz CT molecular complexity index is 717. The third-order valence-electron chi connectivity index (χ3n) is 4.21. The minimum atomic E-state index is -0.330. The number of hydrogen-bond donors (Lipinski definition) is 1. The van der Waals surface area contributed by atoms with Crippen molar-refractivity contribution in [1.82, 2.24) is 15.0 Å². The van der Waals surface area contributed by atoms with Crippen molar-refractivity contribution in [3.05, 3.63) is 27.8 Å². The van der Waals surface area contributed by atoms with E-state index in [-0.39, 0.29) is 18.7 Å². The number of hydroxylamine groups is 1. The molecule has 1 aliphatic heterocycles. The van der Waals surface area contributed by atoms with Gasteiger partial charge in [0.2, 0.25) is 0 Å². The van der Waals surface area contributed by atoms with Crippen molar-refractivity contribution in [2.45, 2.75) is 52.9 Å². The molecule has 0 saturated carbocycles. The van der Waals surface area contributed by atoms with E-state index in [2.05, 4.69) is 16.5 Å². The summed E-state index contributed by atoms with van der Waals surface area (Å²) in [6.07, 6.45) is 2.60. The van der Waals surface area contributed by atoms with E-state index < -0.39 is 0 Å². The fourth-order valence-electron chi connectivity index (χ4n) is 2.90. The normalized spacial score (nSPS) is 17.9. The summed E-state index contributed by atoms with van der Waals surface area (Å²) in [6, 6.07) is 2.07. The summed E-state index contributed by atoms with van der Waals surface area (Å²) in [5, 5.41) is 3.08. The maximum Gasteiger partial charge on any atom is 0.263 e. The van der Waals surface area contributed by atoms with Crippen molar-refractivity contribution in [3.63, 3.8) is 0 Å². The highest BCUT2D eigenvalue weighted by molar-refractivity contribution is 7.09. The lowest BCUT2D eigenvalue weighted by atomic mass is 10.2. The molecule has 0 spiro atoms. The number of nitrogens with zero attached hydrogens (tertiary/aromatic N) is 2. The molecule has 6 nitrogen and oxygen atoms in total. The van der Waals surface area contributed by atoms with Crippen molar-refractivity contribution in [2.75, 3.05) is 6.61 Å². The molecule has 3 rings (SSSR count). The molecule has 0 aromatic carbocycles. The summed E-state index contributed by atoms with van der Waals surface area (Å²) < 4.78 is 7.42. The van der Waals surface area contributed by atoms with Crippen LogP contribution in [0.3, 0.4) is 0 Å². The molecule has 130 valence electrons. The standard InChI is InChI=1S/C17H23N3O3S/c1-11-8-14(15-10-24-13(3)18-15)12(2)20(11)9-16(21)19-23-17-6-4-5-7-22-17/h8,10,17H,4-7,9H2,1-3H3,(H,19,21). The highest BCUT2D eigenvalue weighted by atomic mass is 32.1. The van der Waals surface area contributed by atoms with E-state index in [1.165, 1.54) is 0 Å². The van der Waals surface area contributed by atoms with Gasteiger partial charge in [0, 0.05) is 35.4 Å². The number of hydrogen-bond acceptors (Lipinski definition) is 5. The van der Waals surface area contributed by atoms with Crippen LogP contribution in [0.5, 0.6) is 0 Å². The summed E-state index contributed by atoms with van der Waals surface area (Å²) in [5.41, 5.74) is 6.60. The van der Waals surface area contributed by atoms with E-state index in [9.17, 15) is 4.79 Å². The van der Waals surface area contributed by atoms with Crippen LogP contribution in [0.25, 0.3) is 11.3 Å². The lowest BCUT2D eigenvalue weighted by Crippen LogP contribution is -2.35. The minimum absolute atomic E-state index is 0.188. The summed E-state index contributed by atoms with van der Waals surface area (Å²) in [6.45, 7) is 6.90. The van der Waals surface area contributed by atoms with Crippen LogP contribution in [-0.4, -0.2) is 28.4 Å². The molecule has 0 bridgehead atoms. The predicted octanol–water partition coefficient (Wildman–Crippen LogP) is 3.11. The summed E-state index contributed by atoms with van der Waals surface area (Å²) in [7, 11) is 0. The number of amides is 1. The van der Waals surface area contributed by atoms with Gasteiger partial charge in [0.15, 0.2) is 6.29 Å². The third kappa shape index (κ3) is 3.85. The molecule has 2 aromatic rings. The van der Waals surface area contributed by atoms with E-state index in [0.29, 0.717) is 6.61 Å². The molecule has 2 aromatic heterocycles. The van der Waals surface area contributed by atoms with Crippen LogP contribution in [0.2, 0.25) is 0 Å². The van der Waals surface area contributed by atoms with Gasteiger partial charge in [-0.1, -0.05) is 0 Å². The second kappa shape index (κ2) is 7.46. The molecule has 7 heteroatoms. The predicted molar refractivity (Wildman–Crippen MR) is 92.6 cm³/mol. The lowest BCUT2D eigenvalue weighted by Gasteiger charge is -2.22. The molecule has 1 atom stereocenters. The number of thiazole rings is 1. The second-order valence-corrected chi connectivity index (χ2v) is 7.12. The SMILES string of the molecule is Cc1nc(-c2cc(C)n(CC(=O)NOC3CCCCO3)c2C)cs1. The number of ether oxygens (including phenoxy) is 1. The Labute approximate surface area is 145 Å². The molecule has 24 heavy (non-hydrogen) atoms. The molecule has 1 amide bonds. The van der Waals surface area contributed by atoms with Crippen molar-refractivity contribution in [2.24, 2.45) is 0 Å². The number of nitrogens with one attached hydrogen (secondary N) is 1. The van der Waals surface area contributed by atoms with Crippen LogP contribution in [0, 0.1) is 20.8 Å². The molecular weight excluding hydrogens is 326 g/mol. The van der Waals surface area contributed by atoms with Gasteiger partial charge in [0.25, 0.3) is 5.91 Å². The van der Waals surface area contributed by atoms with E-state index in [4.69, 9.17) is 9.57 Å².